The van der Waals surface area contributed by atoms with Crippen LogP contribution in [-0.4, -0.2) is 29.2 Å². The zero-order chi connectivity index (χ0) is 18.9. The molecular formula is C18H15NO6S. The van der Waals surface area contributed by atoms with Gasteiger partial charge in [0.2, 0.25) is 0 Å². The van der Waals surface area contributed by atoms with Gasteiger partial charge in [-0.1, -0.05) is 12.1 Å². The first-order valence-electron chi connectivity index (χ1n) is 7.54. The van der Waals surface area contributed by atoms with E-state index in [1.165, 1.54) is 6.07 Å². The lowest BCUT2D eigenvalue weighted by Crippen LogP contribution is -2.00. The molecule has 0 aliphatic rings. The van der Waals surface area contributed by atoms with Gasteiger partial charge in [-0.05, 0) is 47.3 Å². The van der Waals surface area contributed by atoms with Crippen molar-refractivity contribution >= 4 is 38.2 Å². The molecule has 0 heterocycles. The highest BCUT2D eigenvalue weighted by Crippen LogP contribution is 2.31. The van der Waals surface area contributed by atoms with Crippen molar-refractivity contribution in [1.82, 2.24) is 0 Å². The monoisotopic (exact) mass is 373 g/mol. The maximum absolute atomic E-state index is 11.3. The summed E-state index contributed by atoms with van der Waals surface area (Å²) < 4.78 is 31.8. The Morgan fingerprint density at radius 2 is 1.62 bits per heavy atom. The van der Waals surface area contributed by atoms with Crippen molar-refractivity contribution in [2.75, 3.05) is 5.32 Å². The Hall–Kier alpha value is -3.10. The van der Waals surface area contributed by atoms with Gasteiger partial charge in [0, 0.05) is 22.8 Å². The molecule has 3 rings (SSSR count). The second-order valence-electron chi connectivity index (χ2n) is 5.75. The van der Waals surface area contributed by atoms with E-state index in [0.717, 1.165) is 6.07 Å². The first-order valence-corrected chi connectivity index (χ1v) is 8.98. The molecule has 0 saturated heterocycles. The van der Waals surface area contributed by atoms with Gasteiger partial charge in [0.05, 0.1) is 11.3 Å². The van der Waals surface area contributed by atoms with E-state index < -0.39 is 21.0 Å². The largest absolute Gasteiger partial charge is 0.507 e. The summed E-state index contributed by atoms with van der Waals surface area (Å²) in [6, 6.07) is 14.1. The summed E-state index contributed by atoms with van der Waals surface area (Å²) in [5.41, 5.74) is 2.02. The summed E-state index contributed by atoms with van der Waals surface area (Å²) in [4.78, 5) is 10.3. The number of carboxylic acids is 1. The highest BCUT2D eigenvalue weighted by molar-refractivity contribution is 7.85. The van der Waals surface area contributed by atoms with Crippen LogP contribution in [0.3, 0.4) is 0 Å². The number of carbonyl (C=O) groups is 1. The zero-order valence-corrected chi connectivity index (χ0v) is 14.2. The van der Waals surface area contributed by atoms with Crippen molar-refractivity contribution < 1.29 is 28.0 Å². The summed E-state index contributed by atoms with van der Waals surface area (Å²) in [6.07, 6.45) is -0.0616. The smallest absolute Gasteiger partial charge is 0.307 e. The second-order valence-corrected chi connectivity index (χ2v) is 7.17. The lowest BCUT2D eigenvalue weighted by atomic mass is 10.1. The van der Waals surface area contributed by atoms with Crippen LogP contribution < -0.4 is 5.32 Å². The predicted octanol–water partition coefficient (Wildman–Crippen LogP) is 3.16. The number of carboxylic acid groups (broad SMARTS) is 1. The number of rotatable bonds is 5. The highest BCUT2D eigenvalue weighted by Gasteiger charge is 2.13. The van der Waals surface area contributed by atoms with Crippen LogP contribution in [0.5, 0.6) is 5.75 Å². The van der Waals surface area contributed by atoms with E-state index in [4.69, 9.17) is 9.66 Å². The van der Waals surface area contributed by atoms with E-state index in [-0.39, 0.29) is 12.2 Å². The van der Waals surface area contributed by atoms with Crippen molar-refractivity contribution in [3.63, 3.8) is 0 Å². The molecule has 0 fully saturated rings. The Labute approximate surface area is 149 Å². The third-order valence-electron chi connectivity index (χ3n) is 3.80. The van der Waals surface area contributed by atoms with Gasteiger partial charge in [-0.25, -0.2) is 0 Å². The fraction of sp³-hybridized carbons (Fsp3) is 0.0556. The molecule has 7 nitrogen and oxygen atoms in total. The number of aromatic hydroxyl groups is 1. The molecule has 0 aliphatic carbocycles. The van der Waals surface area contributed by atoms with Crippen LogP contribution in [0.15, 0.2) is 59.5 Å². The average molecular weight is 373 g/mol. The van der Waals surface area contributed by atoms with Crippen LogP contribution in [0.2, 0.25) is 0 Å². The van der Waals surface area contributed by atoms with E-state index in [2.05, 4.69) is 5.32 Å². The van der Waals surface area contributed by atoms with Crippen molar-refractivity contribution in [3.8, 4) is 5.75 Å². The van der Waals surface area contributed by atoms with Crippen molar-refractivity contribution in [1.29, 1.82) is 0 Å². The average Bonchev–Trinajstić information content (AvgIpc) is 2.55. The van der Waals surface area contributed by atoms with Gasteiger partial charge in [0.1, 0.15) is 5.75 Å². The molecule has 3 aromatic carbocycles. The van der Waals surface area contributed by atoms with Crippen molar-refractivity contribution in [2.24, 2.45) is 0 Å². The molecule has 4 N–H and O–H groups in total. The number of hydrogen-bond donors (Lipinski definition) is 4. The van der Waals surface area contributed by atoms with E-state index in [1.54, 1.807) is 42.5 Å². The van der Waals surface area contributed by atoms with Crippen LogP contribution in [0.4, 0.5) is 11.4 Å². The van der Waals surface area contributed by atoms with Crippen LogP contribution in [-0.2, 0) is 21.3 Å². The second kappa shape index (κ2) is 6.66. The van der Waals surface area contributed by atoms with Gasteiger partial charge in [0.15, 0.2) is 0 Å². The number of fused-ring (bicyclic) bond motifs is 1. The lowest BCUT2D eigenvalue weighted by molar-refractivity contribution is -0.136. The van der Waals surface area contributed by atoms with E-state index in [1.807, 2.05) is 0 Å². The first-order chi connectivity index (χ1) is 12.2. The fourth-order valence-corrected chi connectivity index (χ4v) is 3.13. The molecule has 0 saturated carbocycles. The Bertz CT molecular complexity index is 1090. The Morgan fingerprint density at radius 1 is 0.962 bits per heavy atom. The Balaban J connectivity index is 1.92. The molecule has 0 aliphatic heterocycles. The van der Waals surface area contributed by atoms with Crippen molar-refractivity contribution in [2.45, 2.75) is 11.3 Å². The first kappa shape index (κ1) is 17.7. The molecule has 134 valence electrons. The van der Waals surface area contributed by atoms with Crippen LogP contribution in [0.25, 0.3) is 10.8 Å². The van der Waals surface area contributed by atoms with Gasteiger partial charge in [0.25, 0.3) is 10.1 Å². The standard InChI is InChI=1S/C18H15NO6S/c20-17-10-15(26(23,24)25)9-12-8-14(5-6-16(12)17)19-13-3-1-11(2-4-13)7-18(21)22/h1-6,8-10,19-20H,7H2,(H,21,22)(H,23,24,25). The van der Waals surface area contributed by atoms with Crippen LogP contribution in [0, 0.1) is 0 Å². The molecule has 0 unspecified atom stereocenters. The maximum Gasteiger partial charge on any atom is 0.307 e. The molecule has 0 bridgehead atoms. The third-order valence-corrected chi connectivity index (χ3v) is 4.63. The molecule has 0 radical (unpaired) electrons. The molecule has 8 heteroatoms. The van der Waals surface area contributed by atoms with Gasteiger partial charge in [-0.3, -0.25) is 9.35 Å². The molecule has 0 atom stereocenters. The number of phenolic OH excluding ortho intramolecular Hbond substituents is 1. The van der Waals surface area contributed by atoms with Gasteiger partial charge < -0.3 is 15.5 Å². The van der Waals surface area contributed by atoms with Crippen LogP contribution in [0.1, 0.15) is 5.56 Å². The Kier molecular flexibility index (Phi) is 4.54. The number of hydrogen-bond acceptors (Lipinski definition) is 5. The van der Waals surface area contributed by atoms with Crippen LogP contribution >= 0.6 is 0 Å². The number of nitrogens with one attached hydrogen (secondary N) is 1. The normalized spacial score (nSPS) is 11.4. The quantitative estimate of drug-likeness (QED) is 0.506. The predicted molar refractivity (Wildman–Crippen MR) is 96.5 cm³/mol. The number of aliphatic carboxylic acids is 1. The summed E-state index contributed by atoms with van der Waals surface area (Å²) in [5.74, 6) is -1.16. The number of phenols is 1. The summed E-state index contributed by atoms with van der Waals surface area (Å²) >= 11 is 0. The third kappa shape index (κ3) is 3.93. The SMILES string of the molecule is O=C(O)Cc1ccc(Nc2ccc3c(O)cc(S(=O)(=O)O)cc3c2)cc1. The molecule has 0 spiro atoms. The minimum Gasteiger partial charge on any atom is -0.507 e. The molecule has 0 amide bonds. The van der Waals surface area contributed by atoms with E-state index >= 15 is 0 Å². The minimum absolute atomic E-state index is 0.0616. The van der Waals surface area contributed by atoms with Gasteiger partial charge in [-0.15, -0.1) is 0 Å². The minimum atomic E-state index is -4.43. The number of benzene rings is 3. The summed E-state index contributed by atoms with van der Waals surface area (Å²) in [6.45, 7) is 0. The fourth-order valence-electron chi connectivity index (χ4n) is 2.60. The lowest BCUT2D eigenvalue weighted by Gasteiger charge is -2.10. The van der Waals surface area contributed by atoms with E-state index in [9.17, 15) is 18.3 Å². The molecule has 3 aromatic rings. The topological polar surface area (TPSA) is 124 Å². The molecular weight excluding hydrogens is 358 g/mol. The maximum atomic E-state index is 11.3. The van der Waals surface area contributed by atoms with Gasteiger partial charge in [-0.2, -0.15) is 8.42 Å². The zero-order valence-electron chi connectivity index (χ0n) is 13.4. The van der Waals surface area contributed by atoms with Gasteiger partial charge >= 0.3 is 5.97 Å². The molecule has 0 aromatic heterocycles. The van der Waals surface area contributed by atoms with E-state index in [0.29, 0.717) is 27.7 Å². The number of anilines is 2. The van der Waals surface area contributed by atoms with Crippen molar-refractivity contribution in [3.05, 3.63) is 60.2 Å². The molecule has 26 heavy (non-hydrogen) atoms. The highest BCUT2D eigenvalue weighted by atomic mass is 32.2. The summed E-state index contributed by atoms with van der Waals surface area (Å²) in [7, 11) is -4.43. The summed E-state index contributed by atoms with van der Waals surface area (Å²) in [5, 5.41) is 22.7. The Morgan fingerprint density at radius 3 is 2.23 bits per heavy atom.